The van der Waals surface area contributed by atoms with Crippen LogP contribution in [0, 0.1) is 0 Å². The summed E-state index contributed by atoms with van der Waals surface area (Å²) in [4.78, 5) is 28.5. The fourth-order valence-electron chi connectivity index (χ4n) is 3.30. The number of aromatic carboxylic acids is 1. The average molecular weight is 286 g/mol. The van der Waals surface area contributed by atoms with E-state index in [1.54, 1.807) is 6.07 Å². The molecule has 1 unspecified atom stereocenters. The Balaban J connectivity index is 1.97. The van der Waals surface area contributed by atoms with Gasteiger partial charge in [-0.05, 0) is 25.0 Å². The standard InChI is InChI=1S/C15H14N2O4/c18-13-9-3-4-11-14(12(9)16-6-10(13)15(19)20)21-7-8-2-1-5-17(8)11/h3-4,6,8H,1-2,5,7H2,(H,16,18)(H,19,20). The molecule has 0 saturated carbocycles. The van der Waals surface area contributed by atoms with Crippen LogP contribution in [0.2, 0.25) is 0 Å². The van der Waals surface area contributed by atoms with E-state index in [0.29, 0.717) is 29.3 Å². The largest absolute Gasteiger partial charge is 0.487 e. The van der Waals surface area contributed by atoms with E-state index in [1.165, 1.54) is 6.20 Å². The number of aromatic nitrogens is 1. The van der Waals surface area contributed by atoms with E-state index in [9.17, 15) is 9.59 Å². The van der Waals surface area contributed by atoms with E-state index < -0.39 is 11.4 Å². The molecule has 2 N–H and O–H groups in total. The molecule has 6 heteroatoms. The van der Waals surface area contributed by atoms with Gasteiger partial charge < -0.3 is 19.7 Å². The van der Waals surface area contributed by atoms with Crippen LogP contribution in [0.5, 0.6) is 5.75 Å². The fourth-order valence-corrected chi connectivity index (χ4v) is 3.30. The lowest BCUT2D eigenvalue weighted by Crippen LogP contribution is -2.38. The molecule has 2 aromatic rings. The molecular weight excluding hydrogens is 272 g/mol. The van der Waals surface area contributed by atoms with Crippen molar-refractivity contribution in [1.29, 1.82) is 0 Å². The van der Waals surface area contributed by atoms with Crippen LogP contribution in [0.4, 0.5) is 5.69 Å². The molecule has 1 aromatic heterocycles. The molecule has 3 heterocycles. The lowest BCUT2D eigenvalue weighted by atomic mass is 10.1. The van der Waals surface area contributed by atoms with Crippen molar-refractivity contribution >= 4 is 22.6 Å². The molecule has 0 spiro atoms. The Morgan fingerprint density at radius 1 is 1.43 bits per heavy atom. The predicted octanol–water partition coefficient (Wildman–Crippen LogP) is 1.59. The van der Waals surface area contributed by atoms with Gasteiger partial charge in [0.15, 0.2) is 5.75 Å². The Morgan fingerprint density at radius 3 is 3.10 bits per heavy atom. The van der Waals surface area contributed by atoms with Gasteiger partial charge in [0, 0.05) is 12.7 Å². The molecule has 4 rings (SSSR count). The van der Waals surface area contributed by atoms with Crippen molar-refractivity contribution in [2.45, 2.75) is 18.9 Å². The Hall–Kier alpha value is -2.50. The third-order valence-corrected chi connectivity index (χ3v) is 4.32. The summed E-state index contributed by atoms with van der Waals surface area (Å²) < 4.78 is 5.85. The molecule has 108 valence electrons. The van der Waals surface area contributed by atoms with Crippen LogP contribution >= 0.6 is 0 Å². The van der Waals surface area contributed by atoms with Crippen LogP contribution < -0.4 is 15.1 Å². The van der Waals surface area contributed by atoms with Gasteiger partial charge in [0.05, 0.1) is 22.6 Å². The highest BCUT2D eigenvalue weighted by Crippen LogP contribution is 2.41. The van der Waals surface area contributed by atoms with Crippen LogP contribution in [0.1, 0.15) is 23.2 Å². The van der Waals surface area contributed by atoms with E-state index in [-0.39, 0.29) is 5.56 Å². The Bertz CT molecular complexity index is 811. The first-order valence-electron chi connectivity index (χ1n) is 6.98. The van der Waals surface area contributed by atoms with E-state index in [4.69, 9.17) is 9.84 Å². The first-order chi connectivity index (χ1) is 10.2. The molecule has 2 aliphatic rings. The number of carboxylic acids is 1. The zero-order valence-corrected chi connectivity index (χ0v) is 11.3. The molecule has 1 aromatic carbocycles. The fraction of sp³-hybridized carbons (Fsp3) is 0.333. The third kappa shape index (κ3) is 1.65. The molecule has 0 radical (unpaired) electrons. The van der Waals surface area contributed by atoms with Crippen molar-refractivity contribution in [3.05, 3.63) is 34.1 Å². The number of ether oxygens (including phenoxy) is 1. The number of hydrogen-bond donors (Lipinski definition) is 2. The van der Waals surface area contributed by atoms with Gasteiger partial charge in [-0.1, -0.05) is 0 Å². The smallest absolute Gasteiger partial charge is 0.341 e. The van der Waals surface area contributed by atoms with Crippen LogP contribution in [-0.2, 0) is 0 Å². The molecule has 1 atom stereocenters. The Labute approximate surface area is 120 Å². The first kappa shape index (κ1) is 12.3. The Kier molecular flexibility index (Phi) is 2.48. The van der Waals surface area contributed by atoms with Crippen LogP contribution in [0.25, 0.3) is 10.9 Å². The summed E-state index contributed by atoms with van der Waals surface area (Å²) in [6, 6.07) is 3.94. The van der Waals surface area contributed by atoms with Crippen molar-refractivity contribution in [1.82, 2.24) is 4.98 Å². The number of carboxylic acid groups (broad SMARTS) is 1. The number of rotatable bonds is 1. The van der Waals surface area contributed by atoms with Crippen molar-refractivity contribution in [2.75, 3.05) is 18.1 Å². The van der Waals surface area contributed by atoms with Crippen molar-refractivity contribution in [3.63, 3.8) is 0 Å². The summed E-state index contributed by atoms with van der Waals surface area (Å²) in [7, 11) is 0. The number of pyridine rings is 1. The number of aromatic amines is 1. The zero-order valence-electron chi connectivity index (χ0n) is 11.3. The maximum Gasteiger partial charge on any atom is 0.341 e. The third-order valence-electron chi connectivity index (χ3n) is 4.32. The highest BCUT2D eigenvalue weighted by molar-refractivity contribution is 5.96. The Morgan fingerprint density at radius 2 is 2.29 bits per heavy atom. The van der Waals surface area contributed by atoms with Gasteiger partial charge in [0.25, 0.3) is 0 Å². The summed E-state index contributed by atoms with van der Waals surface area (Å²) >= 11 is 0. The van der Waals surface area contributed by atoms with Crippen molar-refractivity contribution in [2.24, 2.45) is 0 Å². The summed E-state index contributed by atoms with van der Waals surface area (Å²) in [6.45, 7) is 1.60. The normalized spacial score (nSPS) is 20.0. The minimum atomic E-state index is -1.23. The maximum absolute atomic E-state index is 12.2. The SMILES string of the molecule is O=C(O)c1c[nH]c2c3c(ccc2c1=O)N1CCCC1CO3. The average Bonchev–Trinajstić information content (AvgIpc) is 2.95. The molecule has 0 bridgehead atoms. The molecule has 0 aliphatic carbocycles. The van der Waals surface area contributed by atoms with E-state index in [1.807, 2.05) is 6.07 Å². The number of carbonyl (C=O) groups is 1. The molecule has 2 aliphatic heterocycles. The maximum atomic E-state index is 12.2. The van der Waals surface area contributed by atoms with Gasteiger partial charge in [0.2, 0.25) is 5.43 Å². The second-order valence-electron chi connectivity index (χ2n) is 5.47. The summed E-state index contributed by atoms with van der Waals surface area (Å²) in [5.74, 6) is -0.573. The number of H-pyrrole nitrogens is 1. The molecule has 21 heavy (non-hydrogen) atoms. The van der Waals surface area contributed by atoms with Crippen LogP contribution in [0.15, 0.2) is 23.1 Å². The first-order valence-corrected chi connectivity index (χ1v) is 6.98. The van der Waals surface area contributed by atoms with Crippen LogP contribution in [0.3, 0.4) is 0 Å². The van der Waals surface area contributed by atoms with Gasteiger partial charge in [0.1, 0.15) is 12.2 Å². The summed E-state index contributed by atoms with van der Waals surface area (Å²) in [5.41, 5.74) is 0.825. The number of anilines is 1. The lowest BCUT2D eigenvalue weighted by Gasteiger charge is -2.33. The number of benzene rings is 1. The second kappa shape index (κ2) is 4.25. The molecule has 6 nitrogen and oxygen atoms in total. The van der Waals surface area contributed by atoms with Crippen LogP contribution in [-0.4, -0.2) is 35.3 Å². The van der Waals surface area contributed by atoms with E-state index >= 15 is 0 Å². The van der Waals surface area contributed by atoms with Gasteiger partial charge >= 0.3 is 5.97 Å². The van der Waals surface area contributed by atoms with Gasteiger partial charge in [-0.2, -0.15) is 0 Å². The minimum Gasteiger partial charge on any atom is -0.487 e. The molecule has 1 fully saturated rings. The highest BCUT2D eigenvalue weighted by Gasteiger charge is 2.32. The second-order valence-corrected chi connectivity index (χ2v) is 5.47. The molecule has 1 saturated heterocycles. The van der Waals surface area contributed by atoms with Gasteiger partial charge in [-0.3, -0.25) is 4.79 Å². The zero-order chi connectivity index (χ0) is 14.6. The van der Waals surface area contributed by atoms with Gasteiger partial charge in [-0.15, -0.1) is 0 Å². The van der Waals surface area contributed by atoms with E-state index in [2.05, 4.69) is 9.88 Å². The number of hydrogen-bond acceptors (Lipinski definition) is 4. The topological polar surface area (TPSA) is 82.6 Å². The van der Waals surface area contributed by atoms with Gasteiger partial charge in [-0.25, -0.2) is 4.79 Å². The summed E-state index contributed by atoms with van der Waals surface area (Å²) in [6.07, 6.45) is 3.50. The number of nitrogens with one attached hydrogen (secondary N) is 1. The lowest BCUT2D eigenvalue weighted by molar-refractivity contribution is 0.0695. The summed E-state index contributed by atoms with van der Waals surface area (Å²) in [5, 5.41) is 9.38. The van der Waals surface area contributed by atoms with Crippen molar-refractivity contribution < 1.29 is 14.6 Å². The minimum absolute atomic E-state index is 0.252. The van der Waals surface area contributed by atoms with Crippen molar-refractivity contribution in [3.8, 4) is 5.75 Å². The monoisotopic (exact) mass is 286 g/mol. The predicted molar refractivity (Wildman–Crippen MR) is 77.4 cm³/mol. The van der Waals surface area contributed by atoms with E-state index in [0.717, 1.165) is 25.1 Å². The number of fused-ring (bicyclic) bond motifs is 5. The number of nitrogens with zero attached hydrogens (tertiary/aromatic N) is 1. The highest BCUT2D eigenvalue weighted by atomic mass is 16.5. The molecular formula is C15H14N2O4. The quantitative estimate of drug-likeness (QED) is 0.831. The molecule has 0 amide bonds.